The van der Waals surface area contributed by atoms with Crippen molar-refractivity contribution < 1.29 is 24.6 Å². The van der Waals surface area contributed by atoms with Crippen LogP contribution in [0.2, 0.25) is 0 Å². The van der Waals surface area contributed by atoms with Gasteiger partial charge in [-0.25, -0.2) is 9.59 Å². The summed E-state index contributed by atoms with van der Waals surface area (Å²) in [6, 6.07) is -1.17. The highest BCUT2D eigenvalue weighted by atomic mass is 16.4. The van der Waals surface area contributed by atoms with E-state index < -0.39 is 23.9 Å². The van der Waals surface area contributed by atoms with Crippen molar-refractivity contribution in [1.29, 1.82) is 0 Å². The first-order valence-corrected chi connectivity index (χ1v) is 5.80. The smallest absolute Gasteiger partial charge is 0.394 e. The van der Waals surface area contributed by atoms with E-state index >= 15 is 0 Å². The molecule has 94 valence electrons. The molecule has 17 heavy (non-hydrogen) atoms. The Morgan fingerprint density at radius 2 is 1.71 bits per heavy atom. The minimum Gasteiger partial charge on any atom is -0.480 e. The SMILES string of the molecule is O=C(O)C(=O)N1[C@@H]2CCCC[C@@H]2C[C@H]1C(=O)O. The molecule has 2 fully saturated rings. The maximum Gasteiger partial charge on any atom is 0.394 e. The fourth-order valence-corrected chi connectivity index (χ4v) is 3.08. The summed E-state index contributed by atoms with van der Waals surface area (Å²) in [6.45, 7) is 0. The van der Waals surface area contributed by atoms with Gasteiger partial charge in [0.05, 0.1) is 0 Å². The maximum absolute atomic E-state index is 11.6. The Labute approximate surface area is 98.2 Å². The lowest BCUT2D eigenvalue weighted by molar-refractivity contribution is -0.161. The second-order valence-electron chi connectivity index (χ2n) is 4.72. The monoisotopic (exact) mass is 241 g/mol. The fourth-order valence-electron chi connectivity index (χ4n) is 3.08. The maximum atomic E-state index is 11.6. The number of nitrogens with zero attached hydrogens (tertiary/aromatic N) is 1. The van der Waals surface area contributed by atoms with E-state index in [2.05, 4.69) is 0 Å². The first kappa shape index (κ1) is 11.9. The molecule has 0 bridgehead atoms. The van der Waals surface area contributed by atoms with Gasteiger partial charge < -0.3 is 15.1 Å². The molecule has 1 saturated heterocycles. The van der Waals surface area contributed by atoms with Crippen molar-refractivity contribution in [3.63, 3.8) is 0 Å². The van der Waals surface area contributed by atoms with Crippen LogP contribution in [-0.2, 0) is 14.4 Å². The van der Waals surface area contributed by atoms with Crippen molar-refractivity contribution in [3.05, 3.63) is 0 Å². The number of carbonyl (C=O) groups excluding carboxylic acids is 1. The molecule has 2 aliphatic rings. The second kappa shape index (κ2) is 4.35. The van der Waals surface area contributed by atoms with Gasteiger partial charge in [0, 0.05) is 6.04 Å². The number of fused-ring (bicyclic) bond motifs is 1. The van der Waals surface area contributed by atoms with Gasteiger partial charge in [-0.15, -0.1) is 0 Å². The third-order valence-corrected chi connectivity index (χ3v) is 3.79. The van der Waals surface area contributed by atoms with Crippen LogP contribution in [0.15, 0.2) is 0 Å². The Kier molecular flexibility index (Phi) is 3.04. The van der Waals surface area contributed by atoms with Crippen molar-refractivity contribution in [2.45, 2.75) is 44.2 Å². The molecule has 2 rings (SSSR count). The summed E-state index contributed by atoms with van der Waals surface area (Å²) >= 11 is 0. The lowest BCUT2D eigenvalue weighted by atomic mass is 9.85. The third-order valence-electron chi connectivity index (χ3n) is 3.79. The van der Waals surface area contributed by atoms with E-state index in [1.54, 1.807) is 0 Å². The Morgan fingerprint density at radius 3 is 2.29 bits per heavy atom. The number of amides is 1. The van der Waals surface area contributed by atoms with Crippen molar-refractivity contribution in [3.8, 4) is 0 Å². The normalized spacial score (nSPS) is 32.0. The van der Waals surface area contributed by atoms with Crippen molar-refractivity contribution in [2.24, 2.45) is 5.92 Å². The van der Waals surface area contributed by atoms with Gasteiger partial charge in [-0.3, -0.25) is 4.79 Å². The molecule has 1 saturated carbocycles. The van der Waals surface area contributed by atoms with Gasteiger partial charge in [-0.2, -0.15) is 0 Å². The first-order valence-electron chi connectivity index (χ1n) is 5.80. The third kappa shape index (κ3) is 1.99. The number of carbonyl (C=O) groups is 3. The molecule has 0 aromatic carbocycles. The molecule has 2 N–H and O–H groups in total. The highest BCUT2D eigenvalue weighted by molar-refractivity contribution is 6.32. The molecule has 0 aromatic rings. The van der Waals surface area contributed by atoms with Crippen LogP contribution < -0.4 is 0 Å². The zero-order chi connectivity index (χ0) is 12.6. The van der Waals surface area contributed by atoms with E-state index in [4.69, 9.17) is 10.2 Å². The molecule has 0 unspecified atom stereocenters. The molecular weight excluding hydrogens is 226 g/mol. The van der Waals surface area contributed by atoms with Gasteiger partial charge >= 0.3 is 17.8 Å². The predicted molar refractivity (Wildman–Crippen MR) is 56.3 cm³/mol. The van der Waals surface area contributed by atoms with E-state index in [1.807, 2.05) is 0 Å². The molecule has 1 aliphatic heterocycles. The molecule has 0 aromatic heterocycles. The summed E-state index contributed by atoms with van der Waals surface area (Å²) in [7, 11) is 0. The molecule has 0 spiro atoms. The number of aliphatic carboxylic acids is 2. The zero-order valence-electron chi connectivity index (χ0n) is 9.33. The summed E-state index contributed by atoms with van der Waals surface area (Å²) < 4.78 is 0. The van der Waals surface area contributed by atoms with E-state index in [9.17, 15) is 14.4 Å². The lowest BCUT2D eigenvalue weighted by Crippen LogP contribution is -2.48. The van der Waals surface area contributed by atoms with Gasteiger partial charge in [-0.05, 0) is 25.2 Å². The van der Waals surface area contributed by atoms with Crippen LogP contribution in [0.5, 0.6) is 0 Å². The Morgan fingerprint density at radius 1 is 1.06 bits per heavy atom. The summed E-state index contributed by atoms with van der Waals surface area (Å²) in [5.41, 5.74) is 0. The van der Waals surface area contributed by atoms with Crippen LogP contribution in [-0.4, -0.2) is 45.0 Å². The quantitative estimate of drug-likeness (QED) is 0.644. The Bertz CT molecular complexity index is 367. The molecule has 1 amide bonds. The molecule has 1 aliphatic carbocycles. The molecule has 1 heterocycles. The number of hydrogen-bond donors (Lipinski definition) is 2. The fraction of sp³-hybridized carbons (Fsp3) is 0.727. The standard InChI is InChI=1S/C11H15NO5/c13-9(11(16)17)12-7-4-2-1-3-6(7)5-8(12)10(14)15/h6-8H,1-5H2,(H,14,15)(H,16,17)/t6-,7-,8+/m1/s1. The number of carboxylic acids is 2. The van der Waals surface area contributed by atoms with Gasteiger partial charge in [-0.1, -0.05) is 12.8 Å². The lowest BCUT2D eigenvalue weighted by Gasteiger charge is -2.31. The topological polar surface area (TPSA) is 94.9 Å². The molecule has 6 heteroatoms. The molecule has 3 atom stereocenters. The van der Waals surface area contributed by atoms with E-state index in [-0.39, 0.29) is 12.0 Å². The van der Waals surface area contributed by atoms with Crippen LogP contribution >= 0.6 is 0 Å². The van der Waals surface area contributed by atoms with E-state index in [0.717, 1.165) is 24.2 Å². The minimum absolute atomic E-state index is 0.146. The molecule has 6 nitrogen and oxygen atoms in total. The predicted octanol–water partition coefficient (Wildman–Crippen LogP) is 0.315. The van der Waals surface area contributed by atoms with Gasteiger partial charge in [0.1, 0.15) is 6.04 Å². The van der Waals surface area contributed by atoms with E-state index in [0.29, 0.717) is 12.8 Å². The molecule has 0 radical (unpaired) electrons. The van der Waals surface area contributed by atoms with Crippen LogP contribution in [0.3, 0.4) is 0 Å². The second-order valence-corrected chi connectivity index (χ2v) is 4.72. The summed E-state index contributed by atoms with van der Waals surface area (Å²) in [6.07, 6.45) is 3.95. The van der Waals surface area contributed by atoms with Crippen LogP contribution in [0, 0.1) is 5.92 Å². The highest BCUT2D eigenvalue weighted by Crippen LogP contribution is 2.39. The summed E-state index contributed by atoms with van der Waals surface area (Å²) in [5.74, 6) is -3.60. The van der Waals surface area contributed by atoms with Crippen LogP contribution in [0.1, 0.15) is 32.1 Å². The summed E-state index contributed by atoms with van der Waals surface area (Å²) in [4.78, 5) is 34.5. The molecular formula is C11H15NO5. The van der Waals surface area contributed by atoms with Gasteiger partial charge in [0.25, 0.3) is 0 Å². The number of likely N-dealkylation sites (tertiary alicyclic amines) is 1. The van der Waals surface area contributed by atoms with Crippen LogP contribution in [0.4, 0.5) is 0 Å². The summed E-state index contributed by atoms with van der Waals surface area (Å²) in [5, 5.41) is 17.8. The van der Waals surface area contributed by atoms with Crippen molar-refractivity contribution in [2.75, 3.05) is 0 Å². The zero-order valence-corrected chi connectivity index (χ0v) is 9.33. The Hall–Kier alpha value is -1.59. The van der Waals surface area contributed by atoms with Gasteiger partial charge in [0.2, 0.25) is 0 Å². The Balaban J connectivity index is 2.26. The highest BCUT2D eigenvalue weighted by Gasteiger charge is 2.48. The average Bonchev–Trinajstić information content (AvgIpc) is 2.67. The van der Waals surface area contributed by atoms with Crippen LogP contribution in [0.25, 0.3) is 0 Å². The largest absolute Gasteiger partial charge is 0.480 e. The first-order chi connectivity index (χ1) is 8.02. The van der Waals surface area contributed by atoms with E-state index in [1.165, 1.54) is 0 Å². The number of rotatable bonds is 1. The van der Waals surface area contributed by atoms with Crippen molar-refractivity contribution in [1.82, 2.24) is 4.90 Å². The average molecular weight is 241 g/mol. The van der Waals surface area contributed by atoms with Crippen molar-refractivity contribution >= 4 is 17.8 Å². The number of hydrogen-bond acceptors (Lipinski definition) is 3. The minimum atomic E-state index is -1.57. The number of carboxylic acid groups (broad SMARTS) is 2. The van der Waals surface area contributed by atoms with Gasteiger partial charge in [0.15, 0.2) is 0 Å².